The molecule has 3 heteroatoms. The highest BCUT2D eigenvalue weighted by molar-refractivity contribution is 5.79. The molecule has 0 aromatic heterocycles. The summed E-state index contributed by atoms with van der Waals surface area (Å²) in [6.45, 7) is 3.23. The van der Waals surface area contributed by atoms with E-state index in [-0.39, 0.29) is 6.10 Å². The monoisotopic (exact) mass is 204 g/mol. The SMILES string of the molecule is Cc1ccc(CC2CN=C(CN)O2)cc1. The third-order valence-corrected chi connectivity index (χ3v) is 2.53. The summed E-state index contributed by atoms with van der Waals surface area (Å²) in [6, 6.07) is 8.52. The fourth-order valence-corrected chi connectivity index (χ4v) is 1.68. The predicted octanol–water partition coefficient (Wildman–Crippen LogP) is 1.29. The average Bonchev–Trinajstić information content (AvgIpc) is 2.69. The van der Waals surface area contributed by atoms with Crippen molar-refractivity contribution in [2.45, 2.75) is 19.4 Å². The minimum absolute atomic E-state index is 0.172. The number of aliphatic imine (C=N–C) groups is 1. The molecular formula is C12H16N2O. The van der Waals surface area contributed by atoms with Gasteiger partial charge in [0.2, 0.25) is 0 Å². The molecule has 0 aliphatic carbocycles. The Morgan fingerprint density at radius 2 is 2.13 bits per heavy atom. The first-order valence-corrected chi connectivity index (χ1v) is 5.23. The number of nitrogens with zero attached hydrogens (tertiary/aromatic N) is 1. The van der Waals surface area contributed by atoms with Gasteiger partial charge in [0.25, 0.3) is 0 Å². The van der Waals surface area contributed by atoms with E-state index in [0.717, 1.165) is 13.0 Å². The maximum Gasteiger partial charge on any atom is 0.197 e. The van der Waals surface area contributed by atoms with E-state index in [4.69, 9.17) is 10.5 Å². The normalized spacial score (nSPS) is 19.9. The molecular weight excluding hydrogens is 188 g/mol. The van der Waals surface area contributed by atoms with Gasteiger partial charge in [0.15, 0.2) is 5.90 Å². The Kier molecular flexibility index (Phi) is 3.02. The molecule has 1 aromatic carbocycles. The highest BCUT2D eigenvalue weighted by Gasteiger charge is 2.18. The van der Waals surface area contributed by atoms with Crippen LogP contribution in [0.1, 0.15) is 11.1 Å². The molecule has 1 aromatic rings. The summed E-state index contributed by atoms with van der Waals surface area (Å²) < 4.78 is 5.57. The van der Waals surface area contributed by atoms with E-state index in [0.29, 0.717) is 12.4 Å². The van der Waals surface area contributed by atoms with Crippen LogP contribution in [0.3, 0.4) is 0 Å². The standard InChI is InChI=1S/C12H16N2O/c1-9-2-4-10(5-3-9)6-11-8-14-12(7-13)15-11/h2-5,11H,6-8,13H2,1H3. The van der Waals surface area contributed by atoms with Gasteiger partial charge in [-0.05, 0) is 12.5 Å². The number of ether oxygens (including phenoxy) is 1. The van der Waals surface area contributed by atoms with Gasteiger partial charge in [0, 0.05) is 6.42 Å². The zero-order valence-corrected chi connectivity index (χ0v) is 8.94. The quantitative estimate of drug-likeness (QED) is 0.806. The van der Waals surface area contributed by atoms with Crippen molar-refractivity contribution in [1.29, 1.82) is 0 Å². The molecule has 0 fully saturated rings. The van der Waals surface area contributed by atoms with Gasteiger partial charge in [-0.25, -0.2) is 0 Å². The predicted molar refractivity (Wildman–Crippen MR) is 61.1 cm³/mol. The Bertz CT molecular complexity index is 356. The topological polar surface area (TPSA) is 47.6 Å². The number of aryl methyl sites for hydroxylation is 1. The summed E-state index contributed by atoms with van der Waals surface area (Å²) in [5.74, 6) is 0.687. The van der Waals surface area contributed by atoms with E-state index in [1.165, 1.54) is 11.1 Å². The highest BCUT2D eigenvalue weighted by atomic mass is 16.5. The Hall–Kier alpha value is -1.35. The van der Waals surface area contributed by atoms with Gasteiger partial charge in [-0.2, -0.15) is 0 Å². The van der Waals surface area contributed by atoms with E-state index in [9.17, 15) is 0 Å². The Morgan fingerprint density at radius 1 is 1.40 bits per heavy atom. The molecule has 80 valence electrons. The molecule has 0 saturated heterocycles. The number of hydrogen-bond donors (Lipinski definition) is 1. The van der Waals surface area contributed by atoms with Gasteiger partial charge in [-0.15, -0.1) is 0 Å². The zero-order chi connectivity index (χ0) is 10.7. The largest absolute Gasteiger partial charge is 0.474 e. The molecule has 0 spiro atoms. The lowest BCUT2D eigenvalue weighted by atomic mass is 10.1. The first-order chi connectivity index (χ1) is 7.28. The van der Waals surface area contributed by atoms with Gasteiger partial charge < -0.3 is 10.5 Å². The highest BCUT2D eigenvalue weighted by Crippen LogP contribution is 2.12. The van der Waals surface area contributed by atoms with E-state index in [1.807, 2.05) is 0 Å². The number of benzene rings is 1. The third kappa shape index (κ3) is 2.57. The number of hydrogen-bond acceptors (Lipinski definition) is 3. The molecule has 0 bridgehead atoms. The number of nitrogens with two attached hydrogens (primary N) is 1. The van der Waals surface area contributed by atoms with Crippen LogP contribution in [0.2, 0.25) is 0 Å². The molecule has 0 saturated carbocycles. The molecule has 3 nitrogen and oxygen atoms in total. The van der Waals surface area contributed by atoms with Crippen molar-refractivity contribution in [1.82, 2.24) is 0 Å². The van der Waals surface area contributed by atoms with Crippen LogP contribution in [0.4, 0.5) is 0 Å². The molecule has 0 radical (unpaired) electrons. The van der Waals surface area contributed by atoms with E-state index >= 15 is 0 Å². The van der Waals surface area contributed by atoms with Crippen molar-refractivity contribution in [3.8, 4) is 0 Å². The van der Waals surface area contributed by atoms with Crippen LogP contribution >= 0.6 is 0 Å². The van der Waals surface area contributed by atoms with Gasteiger partial charge in [-0.3, -0.25) is 4.99 Å². The summed E-state index contributed by atoms with van der Waals surface area (Å²) in [7, 11) is 0. The molecule has 2 N–H and O–H groups in total. The smallest absolute Gasteiger partial charge is 0.197 e. The summed E-state index contributed by atoms with van der Waals surface area (Å²) in [5.41, 5.74) is 8.03. The molecule has 0 amide bonds. The van der Waals surface area contributed by atoms with E-state index in [1.54, 1.807) is 0 Å². The molecule has 15 heavy (non-hydrogen) atoms. The molecule has 2 rings (SSSR count). The van der Waals surface area contributed by atoms with Gasteiger partial charge in [-0.1, -0.05) is 29.8 Å². The first kappa shape index (κ1) is 10.2. The fourth-order valence-electron chi connectivity index (χ4n) is 1.68. The zero-order valence-electron chi connectivity index (χ0n) is 8.94. The average molecular weight is 204 g/mol. The Morgan fingerprint density at radius 3 is 2.73 bits per heavy atom. The lowest BCUT2D eigenvalue weighted by Crippen LogP contribution is -2.20. The Balaban J connectivity index is 1.91. The third-order valence-electron chi connectivity index (χ3n) is 2.53. The second-order valence-electron chi connectivity index (χ2n) is 3.87. The van der Waals surface area contributed by atoms with Crippen molar-refractivity contribution in [3.63, 3.8) is 0 Å². The van der Waals surface area contributed by atoms with E-state index in [2.05, 4.69) is 36.2 Å². The van der Waals surface area contributed by atoms with Crippen molar-refractivity contribution in [2.75, 3.05) is 13.1 Å². The minimum atomic E-state index is 0.172. The van der Waals surface area contributed by atoms with Gasteiger partial charge in [0.05, 0.1) is 13.1 Å². The minimum Gasteiger partial charge on any atom is -0.474 e. The second kappa shape index (κ2) is 4.45. The van der Waals surface area contributed by atoms with Crippen molar-refractivity contribution in [2.24, 2.45) is 10.7 Å². The van der Waals surface area contributed by atoms with Crippen molar-refractivity contribution in [3.05, 3.63) is 35.4 Å². The fraction of sp³-hybridized carbons (Fsp3) is 0.417. The second-order valence-corrected chi connectivity index (χ2v) is 3.87. The lowest BCUT2D eigenvalue weighted by molar-refractivity contribution is 0.221. The molecule has 1 aliphatic heterocycles. The maximum atomic E-state index is 5.57. The van der Waals surface area contributed by atoms with Gasteiger partial charge in [0.1, 0.15) is 6.10 Å². The van der Waals surface area contributed by atoms with Gasteiger partial charge >= 0.3 is 0 Å². The van der Waals surface area contributed by atoms with Crippen LogP contribution in [0.25, 0.3) is 0 Å². The van der Waals surface area contributed by atoms with Crippen LogP contribution in [0.15, 0.2) is 29.3 Å². The van der Waals surface area contributed by atoms with Crippen LogP contribution in [0, 0.1) is 6.92 Å². The summed E-state index contributed by atoms with van der Waals surface area (Å²) >= 11 is 0. The van der Waals surface area contributed by atoms with E-state index < -0.39 is 0 Å². The summed E-state index contributed by atoms with van der Waals surface area (Å²) in [5, 5.41) is 0. The van der Waals surface area contributed by atoms with Crippen LogP contribution in [-0.2, 0) is 11.2 Å². The molecule has 1 atom stereocenters. The summed E-state index contributed by atoms with van der Waals surface area (Å²) in [6.07, 6.45) is 1.08. The lowest BCUT2D eigenvalue weighted by Gasteiger charge is -2.10. The first-order valence-electron chi connectivity index (χ1n) is 5.23. The molecule has 1 unspecified atom stereocenters. The van der Waals surface area contributed by atoms with Crippen LogP contribution in [0.5, 0.6) is 0 Å². The molecule has 1 aliphatic rings. The van der Waals surface area contributed by atoms with Crippen LogP contribution < -0.4 is 5.73 Å². The van der Waals surface area contributed by atoms with Crippen molar-refractivity contribution < 1.29 is 4.74 Å². The summed E-state index contributed by atoms with van der Waals surface area (Å²) in [4.78, 5) is 4.22. The van der Waals surface area contributed by atoms with Crippen molar-refractivity contribution >= 4 is 5.90 Å². The van der Waals surface area contributed by atoms with Crippen LogP contribution in [-0.4, -0.2) is 25.1 Å². The number of rotatable bonds is 3. The Labute approximate surface area is 90.0 Å². The molecule has 1 heterocycles. The maximum absolute atomic E-state index is 5.57.